The zero-order valence-corrected chi connectivity index (χ0v) is 15.6. The van der Waals surface area contributed by atoms with Gasteiger partial charge in [-0.2, -0.15) is 0 Å². The Bertz CT molecular complexity index is 551. The summed E-state index contributed by atoms with van der Waals surface area (Å²) in [6, 6.07) is 0. The van der Waals surface area contributed by atoms with Gasteiger partial charge in [0.1, 0.15) is 5.76 Å². The molecule has 2 saturated heterocycles. The number of rotatable bonds is 10. The molecular formula is C15H18N2O7S2. The first kappa shape index (κ1) is 20.3. The molecule has 2 rings (SSSR count). The lowest BCUT2D eigenvalue weighted by Gasteiger charge is -2.15. The molecule has 26 heavy (non-hydrogen) atoms. The summed E-state index contributed by atoms with van der Waals surface area (Å²) >= 11 is 0. The Hall–Kier alpha value is -2.01. The van der Waals surface area contributed by atoms with Gasteiger partial charge in [-0.05, 0) is 0 Å². The molecule has 0 spiro atoms. The van der Waals surface area contributed by atoms with Crippen LogP contribution in [0.25, 0.3) is 0 Å². The first-order valence-electron chi connectivity index (χ1n) is 7.91. The van der Waals surface area contributed by atoms with Gasteiger partial charge in [-0.15, -0.1) is 10.1 Å². The number of nitrogens with zero attached hydrogens (tertiary/aromatic N) is 2. The molecule has 11 heteroatoms. The van der Waals surface area contributed by atoms with Gasteiger partial charge in [0.05, 0.1) is 6.42 Å². The fourth-order valence-electron chi connectivity index (χ4n) is 2.04. The second-order valence-corrected chi connectivity index (χ2v) is 8.10. The number of hydrogen-bond donors (Lipinski definition) is 0. The fraction of sp³-hybridized carbons (Fsp3) is 0.533. The summed E-state index contributed by atoms with van der Waals surface area (Å²) in [5.74, 6) is -1.02. The van der Waals surface area contributed by atoms with Crippen LogP contribution in [0.3, 0.4) is 0 Å². The third-order valence-electron chi connectivity index (χ3n) is 3.36. The van der Waals surface area contributed by atoms with E-state index in [4.69, 9.17) is 9.68 Å². The van der Waals surface area contributed by atoms with Gasteiger partial charge >= 0.3 is 5.97 Å². The molecule has 0 N–H and O–H groups in total. The smallest absolute Gasteiger partial charge is 0.334 e. The molecular weight excluding hydrogens is 384 g/mol. The van der Waals surface area contributed by atoms with E-state index < -0.39 is 17.8 Å². The Morgan fingerprint density at radius 1 is 0.808 bits per heavy atom. The predicted octanol–water partition coefficient (Wildman–Crippen LogP) is 1.35. The first-order chi connectivity index (χ1) is 12.4. The zero-order chi connectivity index (χ0) is 19.1. The molecule has 0 bridgehead atoms. The third-order valence-corrected chi connectivity index (χ3v) is 5.77. The highest BCUT2D eigenvalue weighted by Gasteiger charge is 2.33. The Kier molecular flexibility index (Phi) is 7.51. The Balaban J connectivity index is 1.52. The number of carbonyl (C=O) groups is 5. The number of hydroxylamine groups is 4. The molecule has 2 heterocycles. The van der Waals surface area contributed by atoms with Crippen molar-refractivity contribution in [2.24, 2.45) is 0 Å². The van der Waals surface area contributed by atoms with E-state index in [1.807, 2.05) is 0 Å². The average molecular weight is 402 g/mol. The van der Waals surface area contributed by atoms with Crippen LogP contribution in [0.4, 0.5) is 0 Å². The van der Waals surface area contributed by atoms with E-state index >= 15 is 0 Å². The van der Waals surface area contributed by atoms with Crippen LogP contribution in [-0.4, -0.2) is 51.2 Å². The van der Waals surface area contributed by atoms with Crippen molar-refractivity contribution in [2.75, 3.05) is 11.5 Å². The molecule has 0 aromatic rings. The number of carbonyl (C=O) groups excluding carboxylic acids is 5. The molecule has 0 saturated carbocycles. The molecule has 0 atom stereocenters. The number of hydrogen-bond acceptors (Lipinski definition) is 9. The van der Waals surface area contributed by atoms with Gasteiger partial charge in [-0.3, -0.25) is 19.2 Å². The lowest BCUT2D eigenvalue weighted by molar-refractivity contribution is -0.197. The van der Waals surface area contributed by atoms with Crippen LogP contribution >= 0.6 is 21.6 Å². The molecule has 0 unspecified atom stereocenters. The highest BCUT2D eigenvalue weighted by molar-refractivity contribution is 8.76. The highest BCUT2D eigenvalue weighted by atomic mass is 33.1. The van der Waals surface area contributed by atoms with E-state index in [1.165, 1.54) is 21.6 Å². The summed E-state index contributed by atoms with van der Waals surface area (Å²) in [5, 5.41) is 1.28. The van der Waals surface area contributed by atoms with Crippen molar-refractivity contribution in [3.05, 3.63) is 12.3 Å². The maximum absolute atomic E-state index is 11.6. The van der Waals surface area contributed by atoms with Crippen molar-refractivity contribution < 1.29 is 33.6 Å². The van der Waals surface area contributed by atoms with Crippen molar-refractivity contribution in [3.8, 4) is 0 Å². The Morgan fingerprint density at radius 3 is 1.73 bits per heavy atom. The predicted molar refractivity (Wildman–Crippen MR) is 92.6 cm³/mol. The van der Waals surface area contributed by atoms with Gasteiger partial charge < -0.3 is 9.68 Å². The summed E-state index contributed by atoms with van der Waals surface area (Å²) in [6.45, 7) is 3.67. The van der Waals surface area contributed by atoms with E-state index in [1.54, 1.807) is 0 Å². The van der Waals surface area contributed by atoms with Crippen LogP contribution in [0.15, 0.2) is 12.3 Å². The van der Waals surface area contributed by atoms with Gasteiger partial charge in [0.2, 0.25) is 0 Å². The summed E-state index contributed by atoms with van der Waals surface area (Å²) in [7, 11) is 2.87. The van der Waals surface area contributed by atoms with E-state index in [-0.39, 0.29) is 43.9 Å². The van der Waals surface area contributed by atoms with Gasteiger partial charge in [-0.25, -0.2) is 4.79 Å². The second-order valence-electron chi connectivity index (χ2n) is 5.40. The molecule has 0 aliphatic carbocycles. The number of allylic oxidation sites excluding steroid dienone is 1. The maximum Gasteiger partial charge on any atom is 0.334 e. The van der Waals surface area contributed by atoms with Crippen molar-refractivity contribution in [3.63, 3.8) is 0 Å². The topological polar surface area (TPSA) is 110 Å². The minimum Gasteiger partial charge on any atom is -0.374 e. The first-order valence-corrected chi connectivity index (χ1v) is 10.4. The van der Waals surface area contributed by atoms with Crippen LogP contribution in [0, 0.1) is 0 Å². The second kappa shape index (κ2) is 9.62. The third kappa shape index (κ3) is 5.77. The molecule has 2 aliphatic rings. The molecule has 4 amide bonds. The quantitative estimate of drug-likeness (QED) is 0.231. The molecule has 0 radical (unpaired) electrons. The maximum atomic E-state index is 11.6. The molecule has 0 aromatic heterocycles. The minimum absolute atomic E-state index is 0.0585. The summed E-state index contributed by atoms with van der Waals surface area (Å²) in [4.78, 5) is 66.9. The van der Waals surface area contributed by atoms with Crippen molar-refractivity contribution >= 4 is 51.2 Å². The van der Waals surface area contributed by atoms with Crippen molar-refractivity contribution in [2.45, 2.75) is 38.5 Å². The van der Waals surface area contributed by atoms with E-state index in [0.29, 0.717) is 28.7 Å². The largest absolute Gasteiger partial charge is 0.374 e. The summed E-state index contributed by atoms with van der Waals surface area (Å²) in [6.07, 6.45) is 0.941. The van der Waals surface area contributed by atoms with Crippen LogP contribution in [0.2, 0.25) is 0 Å². The standard InChI is InChI=1S/C15H18N2O7S2/c1-10(23-16-11(18)2-3-12(16)19)6-8-25-26-9-7-15(22)24-17-13(20)4-5-14(17)21/h1-9H2. The van der Waals surface area contributed by atoms with E-state index in [9.17, 15) is 24.0 Å². The average Bonchev–Trinajstić information content (AvgIpc) is 3.08. The molecule has 2 aliphatic heterocycles. The number of imide groups is 2. The minimum atomic E-state index is -0.638. The van der Waals surface area contributed by atoms with Crippen LogP contribution in [0.5, 0.6) is 0 Å². The Morgan fingerprint density at radius 2 is 1.23 bits per heavy atom. The molecule has 9 nitrogen and oxygen atoms in total. The van der Waals surface area contributed by atoms with Crippen LogP contribution in [-0.2, 0) is 33.6 Å². The van der Waals surface area contributed by atoms with Crippen molar-refractivity contribution in [1.82, 2.24) is 10.1 Å². The Labute approximate surface area is 157 Å². The monoisotopic (exact) mass is 402 g/mol. The summed E-state index contributed by atoms with van der Waals surface area (Å²) in [5.41, 5.74) is 0. The zero-order valence-electron chi connectivity index (χ0n) is 13.9. The van der Waals surface area contributed by atoms with E-state index in [2.05, 4.69) is 6.58 Å². The van der Waals surface area contributed by atoms with Crippen LogP contribution in [0.1, 0.15) is 38.5 Å². The van der Waals surface area contributed by atoms with Crippen molar-refractivity contribution in [1.29, 1.82) is 0 Å². The summed E-state index contributed by atoms with van der Waals surface area (Å²) < 4.78 is 0. The van der Waals surface area contributed by atoms with Gasteiger partial charge in [0, 0.05) is 43.6 Å². The van der Waals surface area contributed by atoms with Gasteiger partial charge in [0.25, 0.3) is 23.6 Å². The molecule has 142 valence electrons. The normalized spacial score (nSPS) is 17.2. The molecule has 2 fully saturated rings. The fourth-order valence-corrected chi connectivity index (χ4v) is 4.04. The number of amides is 4. The van der Waals surface area contributed by atoms with Crippen LogP contribution < -0.4 is 0 Å². The lowest BCUT2D eigenvalue weighted by atomic mass is 10.4. The van der Waals surface area contributed by atoms with Gasteiger partial charge in [-0.1, -0.05) is 28.2 Å². The molecule has 0 aromatic carbocycles. The lowest BCUT2D eigenvalue weighted by Crippen LogP contribution is -2.32. The van der Waals surface area contributed by atoms with Gasteiger partial charge in [0.15, 0.2) is 0 Å². The SMILES string of the molecule is C=C(CCSSCCC(=O)ON1C(=O)CCC1=O)ON1C(=O)CCC1=O. The highest BCUT2D eigenvalue weighted by Crippen LogP contribution is 2.25. The van der Waals surface area contributed by atoms with E-state index in [0.717, 1.165) is 5.06 Å².